The van der Waals surface area contributed by atoms with E-state index in [2.05, 4.69) is 9.72 Å². The van der Waals surface area contributed by atoms with Crippen LogP contribution in [0.15, 0.2) is 41.6 Å². The fourth-order valence-electron chi connectivity index (χ4n) is 2.51. The number of pyridine rings is 1. The Kier molecular flexibility index (Phi) is 3.43. The molecule has 0 spiro atoms. The minimum absolute atomic E-state index is 0.0784. The van der Waals surface area contributed by atoms with Crippen molar-refractivity contribution in [3.8, 4) is 0 Å². The lowest BCUT2D eigenvalue weighted by Gasteiger charge is -2.11. The summed E-state index contributed by atoms with van der Waals surface area (Å²) in [5.41, 5.74) is 2.22. The third-order valence-corrected chi connectivity index (χ3v) is 3.53. The van der Waals surface area contributed by atoms with Crippen molar-refractivity contribution in [3.63, 3.8) is 0 Å². The van der Waals surface area contributed by atoms with Crippen molar-refractivity contribution in [2.75, 3.05) is 7.11 Å². The highest BCUT2D eigenvalue weighted by Gasteiger charge is 2.10. The Morgan fingerprint density at radius 2 is 2.14 bits per heavy atom. The summed E-state index contributed by atoms with van der Waals surface area (Å²) in [5.74, 6) is -0.269. The minimum atomic E-state index is -0.269. The first-order valence-corrected chi connectivity index (χ1v) is 6.73. The van der Waals surface area contributed by atoms with Gasteiger partial charge in [-0.3, -0.25) is 14.6 Å². The zero-order valence-electron chi connectivity index (χ0n) is 11.7. The van der Waals surface area contributed by atoms with Gasteiger partial charge in [-0.15, -0.1) is 0 Å². The number of fused-ring (bicyclic) bond motifs is 3. The maximum absolute atomic E-state index is 12.5. The van der Waals surface area contributed by atoms with E-state index in [0.29, 0.717) is 18.5 Å². The Hall–Kier alpha value is -2.63. The topological polar surface area (TPSA) is 65.6 Å². The molecule has 0 radical (unpaired) electrons. The molecule has 3 rings (SSSR count). The Balaban J connectivity index is 2.08. The number of carbonyl (C=O) groups is 1. The number of hydrogen-bond acceptors (Lipinski definition) is 4. The Morgan fingerprint density at radius 1 is 1.29 bits per heavy atom. The van der Waals surface area contributed by atoms with E-state index in [1.54, 1.807) is 23.0 Å². The molecule has 0 bridgehead atoms. The number of nitrogens with zero attached hydrogens (tertiary/aromatic N) is 3. The quantitative estimate of drug-likeness (QED) is 0.683. The van der Waals surface area contributed by atoms with E-state index in [9.17, 15) is 9.59 Å². The van der Waals surface area contributed by atoms with Gasteiger partial charge in [0.25, 0.3) is 5.56 Å². The molecule has 21 heavy (non-hydrogen) atoms. The number of aromatic nitrogens is 3. The van der Waals surface area contributed by atoms with Crippen molar-refractivity contribution < 1.29 is 9.53 Å². The second-order valence-corrected chi connectivity index (χ2v) is 4.76. The highest BCUT2D eigenvalue weighted by atomic mass is 16.5. The van der Waals surface area contributed by atoms with Crippen LogP contribution in [-0.2, 0) is 16.1 Å². The van der Waals surface area contributed by atoms with Gasteiger partial charge in [-0.2, -0.15) is 0 Å². The van der Waals surface area contributed by atoms with E-state index in [1.165, 1.54) is 7.11 Å². The molecule has 0 aliphatic rings. The van der Waals surface area contributed by atoms with E-state index in [4.69, 9.17) is 0 Å². The lowest BCUT2D eigenvalue weighted by atomic mass is 10.3. The first-order valence-electron chi connectivity index (χ1n) is 6.73. The van der Waals surface area contributed by atoms with Crippen LogP contribution in [0.1, 0.15) is 12.8 Å². The summed E-state index contributed by atoms with van der Waals surface area (Å²) < 4.78 is 8.15. The molecular formula is C15H15N3O3. The molecule has 108 valence electrons. The predicted octanol–water partition coefficient (Wildman–Crippen LogP) is 1.60. The van der Waals surface area contributed by atoms with Crippen molar-refractivity contribution in [1.82, 2.24) is 14.0 Å². The summed E-state index contributed by atoms with van der Waals surface area (Å²) in [4.78, 5) is 27.8. The summed E-state index contributed by atoms with van der Waals surface area (Å²) in [6, 6.07) is 5.51. The van der Waals surface area contributed by atoms with E-state index >= 15 is 0 Å². The van der Waals surface area contributed by atoms with Crippen molar-refractivity contribution >= 4 is 22.5 Å². The molecule has 0 unspecified atom stereocenters. The highest BCUT2D eigenvalue weighted by molar-refractivity contribution is 5.78. The number of hydrogen-bond donors (Lipinski definition) is 0. The molecule has 0 N–H and O–H groups in total. The monoisotopic (exact) mass is 285 g/mol. The zero-order valence-corrected chi connectivity index (χ0v) is 11.7. The molecule has 0 saturated carbocycles. The fourth-order valence-corrected chi connectivity index (χ4v) is 2.51. The fraction of sp³-hybridized carbons (Fsp3) is 0.267. The van der Waals surface area contributed by atoms with Crippen molar-refractivity contribution in [1.29, 1.82) is 0 Å². The lowest BCUT2D eigenvalue weighted by Crippen LogP contribution is -2.23. The molecule has 3 heterocycles. The summed E-state index contributed by atoms with van der Waals surface area (Å²) in [7, 11) is 1.36. The maximum Gasteiger partial charge on any atom is 0.305 e. The summed E-state index contributed by atoms with van der Waals surface area (Å²) in [5, 5.41) is 0. The number of carbonyl (C=O) groups excluding carboxylic acids is 1. The first-order chi connectivity index (χ1) is 10.2. The van der Waals surface area contributed by atoms with Crippen molar-refractivity contribution in [3.05, 3.63) is 47.1 Å². The predicted molar refractivity (Wildman–Crippen MR) is 78.2 cm³/mol. The van der Waals surface area contributed by atoms with E-state index < -0.39 is 0 Å². The van der Waals surface area contributed by atoms with Crippen LogP contribution in [0.3, 0.4) is 0 Å². The van der Waals surface area contributed by atoms with Gasteiger partial charge >= 0.3 is 5.97 Å². The number of aryl methyl sites for hydroxylation is 1. The number of rotatable bonds is 4. The third-order valence-electron chi connectivity index (χ3n) is 3.53. The van der Waals surface area contributed by atoms with Crippen LogP contribution in [0.2, 0.25) is 0 Å². The van der Waals surface area contributed by atoms with Gasteiger partial charge in [0.2, 0.25) is 0 Å². The summed E-state index contributed by atoms with van der Waals surface area (Å²) in [6.45, 7) is 0.456. The Labute approximate surface area is 120 Å². The average Bonchev–Trinajstić information content (AvgIpc) is 3.00. The minimum Gasteiger partial charge on any atom is -0.469 e. The van der Waals surface area contributed by atoms with Crippen LogP contribution in [0.25, 0.3) is 16.6 Å². The molecular weight excluding hydrogens is 270 g/mol. The second kappa shape index (κ2) is 5.40. The van der Waals surface area contributed by atoms with Crippen LogP contribution in [0, 0.1) is 0 Å². The average molecular weight is 285 g/mol. The molecule has 0 saturated heterocycles. The van der Waals surface area contributed by atoms with Crippen LogP contribution in [0.4, 0.5) is 0 Å². The van der Waals surface area contributed by atoms with Crippen LogP contribution >= 0.6 is 0 Å². The second-order valence-electron chi connectivity index (χ2n) is 4.76. The maximum atomic E-state index is 12.5. The molecule has 0 aromatic carbocycles. The normalized spacial score (nSPS) is 11.1. The van der Waals surface area contributed by atoms with Gasteiger partial charge in [0.1, 0.15) is 5.52 Å². The van der Waals surface area contributed by atoms with Crippen LogP contribution in [0.5, 0.6) is 0 Å². The lowest BCUT2D eigenvalue weighted by molar-refractivity contribution is -0.140. The van der Waals surface area contributed by atoms with Gasteiger partial charge in [-0.25, -0.2) is 0 Å². The van der Waals surface area contributed by atoms with Crippen molar-refractivity contribution in [2.45, 2.75) is 19.4 Å². The van der Waals surface area contributed by atoms with Gasteiger partial charge in [0.05, 0.1) is 24.3 Å². The standard InChI is InChI=1S/C15H15N3O3/c1-21-14(19)5-3-9-18-13-10-16-7-6-11(13)17-8-2-4-12(17)15(18)20/h2,4,6-8,10H,3,5,9H2,1H3. The van der Waals surface area contributed by atoms with E-state index in [-0.39, 0.29) is 17.9 Å². The molecule has 6 nitrogen and oxygen atoms in total. The smallest absolute Gasteiger partial charge is 0.305 e. The van der Waals surface area contributed by atoms with Gasteiger partial charge < -0.3 is 13.7 Å². The zero-order chi connectivity index (χ0) is 14.8. The van der Waals surface area contributed by atoms with E-state index in [1.807, 2.05) is 22.7 Å². The van der Waals surface area contributed by atoms with Crippen molar-refractivity contribution in [2.24, 2.45) is 0 Å². The Morgan fingerprint density at radius 3 is 2.95 bits per heavy atom. The van der Waals surface area contributed by atoms with E-state index in [0.717, 1.165) is 11.0 Å². The molecule has 3 aromatic heterocycles. The highest BCUT2D eigenvalue weighted by Crippen LogP contribution is 2.14. The molecule has 3 aromatic rings. The largest absolute Gasteiger partial charge is 0.469 e. The number of ether oxygens (including phenoxy) is 1. The first kappa shape index (κ1) is 13.4. The van der Waals surface area contributed by atoms with Crippen LogP contribution < -0.4 is 5.56 Å². The molecule has 6 heteroatoms. The molecule has 0 aliphatic heterocycles. The summed E-state index contributed by atoms with van der Waals surface area (Å²) in [6.07, 6.45) is 6.07. The van der Waals surface area contributed by atoms with Crippen LogP contribution in [-0.4, -0.2) is 27.0 Å². The van der Waals surface area contributed by atoms with Gasteiger partial charge in [-0.05, 0) is 24.6 Å². The molecule has 0 fully saturated rings. The molecule has 0 amide bonds. The number of esters is 1. The number of methoxy groups -OCH3 is 1. The SMILES string of the molecule is COC(=O)CCCn1c(=O)c2cccn2c2ccncc21. The summed E-state index contributed by atoms with van der Waals surface area (Å²) >= 11 is 0. The molecule has 0 aliphatic carbocycles. The molecule has 0 atom stereocenters. The van der Waals surface area contributed by atoms with Gasteiger partial charge in [-0.1, -0.05) is 0 Å². The third kappa shape index (κ3) is 2.29. The van der Waals surface area contributed by atoms with Gasteiger partial charge in [0.15, 0.2) is 0 Å². The Bertz CT molecular complexity index is 863. The van der Waals surface area contributed by atoms with Gasteiger partial charge in [0, 0.05) is 25.4 Å².